The Morgan fingerprint density at radius 1 is 0.600 bits per heavy atom. The monoisotopic (exact) mass is 398 g/mol. The molecule has 0 atom stereocenters. The second kappa shape index (κ2) is 8.63. The van der Waals surface area contributed by atoms with Gasteiger partial charge in [0.05, 0.1) is 0 Å². The van der Waals surface area contributed by atoms with Gasteiger partial charge >= 0.3 is 0 Å². The predicted molar refractivity (Wildman–Crippen MR) is 121 cm³/mol. The molecule has 0 spiro atoms. The lowest BCUT2D eigenvalue weighted by Gasteiger charge is -2.23. The molecule has 25 heavy (non-hydrogen) atoms. The highest BCUT2D eigenvalue weighted by Gasteiger charge is 2.25. The summed E-state index contributed by atoms with van der Waals surface area (Å²) in [7, 11) is 0. The van der Waals surface area contributed by atoms with Gasteiger partial charge in [-0.25, -0.2) is 0 Å². The Morgan fingerprint density at radius 3 is 1.56 bits per heavy atom. The van der Waals surface area contributed by atoms with Crippen LogP contribution >= 0.6 is 47.0 Å². The molecule has 0 aromatic heterocycles. The standard InChI is InChI=1S/C21H18S4/c1-3-7-16(8-4-1)13-18-20(21-22-11-12-23-21)19(25-15-24-18)14-17-9-5-2-6-10-17/h1-10,13-14H,11-12,15H2/b18-13+,19-14+. The van der Waals surface area contributed by atoms with Crippen LogP contribution in [0.15, 0.2) is 80.3 Å². The van der Waals surface area contributed by atoms with Gasteiger partial charge in [0.2, 0.25) is 0 Å². The van der Waals surface area contributed by atoms with Gasteiger partial charge in [-0.05, 0) is 23.3 Å². The number of benzene rings is 2. The maximum absolute atomic E-state index is 2.35. The molecule has 0 nitrogen and oxygen atoms in total. The average molecular weight is 399 g/mol. The third-order valence-corrected chi connectivity index (χ3v) is 8.79. The fourth-order valence-electron chi connectivity index (χ4n) is 2.71. The van der Waals surface area contributed by atoms with Gasteiger partial charge in [0, 0.05) is 36.2 Å². The zero-order valence-electron chi connectivity index (χ0n) is 13.7. The van der Waals surface area contributed by atoms with Crippen molar-refractivity contribution in [3.05, 3.63) is 91.4 Å². The van der Waals surface area contributed by atoms with E-state index in [0.29, 0.717) is 0 Å². The minimum absolute atomic E-state index is 1.07. The van der Waals surface area contributed by atoms with Crippen LogP contribution in [0.25, 0.3) is 12.2 Å². The van der Waals surface area contributed by atoms with Crippen LogP contribution in [0.3, 0.4) is 0 Å². The summed E-state index contributed by atoms with van der Waals surface area (Å²) in [6.45, 7) is 0. The Morgan fingerprint density at radius 2 is 1.08 bits per heavy atom. The van der Waals surface area contributed by atoms with Gasteiger partial charge in [0.1, 0.15) is 0 Å². The highest BCUT2D eigenvalue weighted by Crippen LogP contribution is 2.52. The van der Waals surface area contributed by atoms with Crippen molar-refractivity contribution in [1.29, 1.82) is 0 Å². The van der Waals surface area contributed by atoms with Crippen molar-refractivity contribution in [2.45, 2.75) is 0 Å². The highest BCUT2D eigenvalue weighted by atomic mass is 32.2. The van der Waals surface area contributed by atoms with Crippen molar-refractivity contribution in [2.24, 2.45) is 0 Å². The SMILES string of the molecule is C(=C1\SCS/C(=C/c2ccccc2)C1=C1SCCS1)/c1ccccc1. The Bertz CT molecular complexity index is 752. The van der Waals surface area contributed by atoms with Crippen LogP contribution < -0.4 is 0 Å². The number of allylic oxidation sites excluding steroid dienone is 2. The van der Waals surface area contributed by atoms with Gasteiger partial charge in [-0.15, -0.1) is 47.0 Å². The summed E-state index contributed by atoms with van der Waals surface area (Å²) < 4.78 is 1.49. The van der Waals surface area contributed by atoms with E-state index in [4.69, 9.17) is 0 Å². The van der Waals surface area contributed by atoms with Gasteiger partial charge in [-0.1, -0.05) is 60.7 Å². The van der Waals surface area contributed by atoms with Crippen LogP contribution in [-0.2, 0) is 0 Å². The molecule has 0 saturated carbocycles. The fraction of sp³-hybridized carbons (Fsp3) is 0.143. The van der Waals surface area contributed by atoms with E-state index in [2.05, 4.69) is 72.8 Å². The summed E-state index contributed by atoms with van der Waals surface area (Å²) in [5.74, 6) is 2.44. The summed E-state index contributed by atoms with van der Waals surface area (Å²) >= 11 is 7.96. The normalized spacial score (nSPS) is 21.3. The van der Waals surface area contributed by atoms with E-state index >= 15 is 0 Å². The van der Waals surface area contributed by atoms with E-state index in [1.54, 1.807) is 0 Å². The first-order chi connectivity index (χ1) is 12.4. The zero-order chi connectivity index (χ0) is 16.9. The molecule has 126 valence electrons. The molecule has 0 N–H and O–H groups in total. The lowest BCUT2D eigenvalue weighted by Crippen LogP contribution is -1.98. The van der Waals surface area contributed by atoms with Gasteiger partial charge in [0.15, 0.2) is 0 Å². The second-order valence-corrected chi connectivity index (χ2v) is 10.5. The summed E-state index contributed by atoms with van der Waals surface area (Å²) in [6.07, 6.45) is 4.70. The number of hydrogen-bond donors (Lipinski definition) is 0. The molecule has 2 fully saturated rings. The Kier molecular flexibility index (Phi) is 6.03. The van der Waals surface area contributed by atoms with Gasteiger partial charge < -0.3 is 0 Å². The Hall–Kier alpha value is -0.940. The predicted octanol–water partition coefficient (Wildman–Crippen LogP) is 7.20. The first-order valence-corrected chi connectivity index (χ1v) is 12.1. The lowest BCUT2D eigenvalue weighted by atomic mass is 10.1. The van der Waals surface area contributed by atoms with Crippen molar-refractivity contribution in [2.75, 3.05) is 16.6 Å². The van der Waals surface area contributed by atoms with Gasteiger partial charge in [-0.3, -0.25) is 0 Å². The number of rotatable bonds is 2. The Balaban J connectivity index is 1.78. The maximum Gasteiger partial charge on any atom is 0.0497 e. The largest absolute Gasteiger partial charge is 0.118 e. The van der Waals surface area contributed by atoms with Gasteiger partial charge in [-0.2, -0.15) is 0 Å². The van der Waals surface area contributed by atoms with Gasteiger partial charge in [0.25, 0.3) is 0 Å². The quantitative estimate of drug-likeness (QED) is 0.524. The Labute approximate surface area is 166 Å². The lowest BCUT2D eigenvalue weighted by molar-refractivity contribution is 1.59. The van der Waals surface area contributed by atoms with Crippen LogP contribution in [0.1, 0.15) is 11.1 Å². The summed E-state index contributed by atoms with van der Waals surface area (Å²) in [6, 6.07) is 21.4. The molecule has 4 rings (SSSR count). The third-order valence-electron chi connectivity index (χ3n) is 3.87. The van der Waals surface area contributed by atoms with Crippen molar-refractivity contribution in [1.82, 2.24) is 0 Å². The zero-order valence-corrected chi connectivity index (χ0v) is 16.9. The number of hydrogen-bond acceptors (Lipinski definition) is 4. The fourth-order valence-corrected chi connectivity index (χ4v) is 8.03. The van der Waals surface area contributed by atoms with Crippen LogP contribution in [-0.4, -0.2) is 16.6 Å². The molecule has 2 heterocycles. The smallest absolute Gasteiger partial charge is 0.0497 e. The maximum atomic E-state index is 2.35. The van der Waals surface area contributed by atoms with Crippen molar-refractivity contribution in [3.8, 4) is 0 Å². The van der Waals surface area contributed by atoms with E-state index in [1.807, 2.05) is 47.0 Å². The molecule has 0 unspecified atom stereocenters. The average Bonchev–Trinajstić information content (AvgIpc) is 3.18. The van der Waals surface area contributed by atoms with E-state index in [1.165, 1.54) is 42.3 Å². The molecule has 4 heteroatoms. The molecule has 2 aliphatic rings. The van der Waals surface area contributed by atoms with E-state index in [9.17, 15) is 0 Å². The van der Waals surface area contributed by atoms with Crippen LogP contribution in [0.4, 0.5) is 0 Å². The van der Waals surface area contributed by atoms with Crippen molar-refractivity contribution < 1.29 is 0 Å². The van der Waals surface area contributed by atoms with E-state index in [-0.39, 0.29) is 0 Å². The summed E-state index contributed by atoms with van der Waals surface area (Å²) in [5.41, 5.74) is 4.01. The minimum atomic E-state index is 1.07. The van der Waals surface area contributed by atoms with E-state index in [0.717, 1.165) is 5.08 Å². The van der Waals surface area contributed by atoms with Crippen LogP contribution in [0.2, 0.25) is 0 Å². The third kappa shape index (κ3) is 4.43. The molecule has 2 aliphatic heterocycles. The topological polar surface area (TPSA) is 0 Å². The molecule has 0 aliphatic carbocycles. The van der Waals surface area contributed by atoms with Crippen molar-refractivity contribution >= 4 is 59.2 Å². The van der Waals surface area contributed by atoms with E-state index < -0.39 is 0 Å². The molecular formula is C21H18S4. The van der Waals surface area contributed by atoms with Crippen LogP contribution in [0.5, 0.6) is 0 Å². The molecule has 2 saturated heterocycles. The highest BCUT2D eigenvalue weighted by molar-refractivity contribution is 8.25. The summed E-state index contributed by atoms with van der Waals surface area (Å²) in [4.78, 5) is 2.81. The molecule has 0 bridgehead atoms. The first-order valence-electron chi connectivity index (χ1n) is 8.20. The molecule has 2 aromatic carbocycles. The summed E-state index contributed by atoms with van der Waals surface area (Å²) in [5, 5.41) is 1.07. The molecule has 0 amide bonds. The first kappa shape index (κ1) is 17.5. The minimum Gasteiger partial charge on any atom is -0.118 e. The molecular weight excluding hydrogens is 380 g/mol. The molecule has 0 radical (unpaired) electrons. The second-order valence-electron chi connectivity index (χ2n) is 5.60. The molecule has 2 aromatic rings. The van der Waals surface area contributed by atoms with Crippen LogP contribution in [0, 0.1) is 0 Å². The number of thioether (sulfide) groups is 4. The van der Waals surface area contributed by atoms with Crippen molar-refractivity contribution in [3.63, 3.8) is 0 Å².